The Bertz CT molecular complexity index is 245. The first-order valence-electron chi connectivity index (χ1n) is 6.75. The minimum absolute atomic E-state index is 0.162. The first-order chi connectivity index (χ1) is 8.06. The zero-order valence-electron chi connectivity index (χ0n) is 11.6. The molecule has 4 nitrogen and oxygen atoms in total. The fraction of sp³-hybridized carbons (Fsp3) is 0.923. The molecule has 0 aromatic rings. The fourth-order valence-corrected chi connectivity index (χ4v) is 2.43. The van der Waals surface area contributed by atoms with Crippen LogP contribution in [0.5, 0.6) is 0 Å². The predicted molar refractivity (Wildman–Crippen MR) is 71.0 cm³/mol. The maximum Gasteiger partial charge on any atom is 0.234 e. The molecule has 1 fully saturated rings. The Morgan fingerprint density at radius 1 is 1.53 bits per heavy atom. The van der Waals surface area contributed by atoms with Crippen LogP contribution >= 0.6 is 0 Å². The van der Waals surface area contributed by atoms with Gasteiger partial charge in [0.25, 0.3) is 0 Å². The van der Waals surface area contributed by atoms with Crippen molar-refractivity contribution in [3.63, 3.8) is 0 Å². The normalized spacial score (nSPS) is 27.8. The van der Waals surface area contributed by atoms with Crippen LogP contribution in [0.3, 0.4) is 0 Å². The van der Waals surface area contributed by atoms with Crippen LogP contribution in [0, 0.1) is 5.92 Å². The van der Waals surface area contributed by atoms with E-state index in [4.69, 9.17) is 0 Å². The second-order valence-electron chi connectivity index (χ2n) is 5.27. The summed E-state index contributed by atoms with van der Waals surface area (Å²) in [6, 6.07) is 0.888. The van der Waals surface area contributed by atoms with Gasteiger partial charge >= 0.3 is 0 Å². The van der Waals surface area contributed by atoms with Gasteiger partial charge in [0.1, 0.15) is 0 Å². The lowest BCUT2D eigenvalue weighted by Gasteiger charge is -2.36. The summed E-state index contributed by atoms with van der Waals surface area (Å²) in [5.74, 6) is 0.777. The van der Waals surface area contributed by atoms with Crippen molar-refractivity contribution in [2.75, 3.05) is 26.7 Å². The van der Waals surface area contributed by atoms with Gasteiger partial charge in [-0.05, 0) is 32.7 Å². The number of carbonyl (C=O) groups excluding carboxylic acids is 1. The van der Waals surface area contributed by atoms with Gasteiger partial charge in [-0.3, -0.25) is 9.69 Å². The van der Waals surface area contributed by atoms with Crippen LogP contribution in [-0.4, -0.2) is 49.6 Å². The van der Waals surface area contributed by atoms with Crippen LogP contribution in [0.4, 0.5) is 0 Å². The maximum atomic E-state index is 11.8. The molecule has 100 valence electrons. The summed E-state index contributed by atoms with van der Waals surface area (Å²) >= 11 is 0. The average molecular weight is 241 g/mol. The summed E-state index contributed by atoms with van der Waals surface area (Å²) in [6.07, 6.45) is 2.12. The molecule has 3 unspecified atom stereocenters. The third kappa shape index (κ3) is 4.64. The Balaban J connectivity index is 2.31. The zero-order chi connectivity index (χ0) is 12.8. The van der Waals surface area contributed by atoms with Crippen LogP contribution in [0.25, 0.3) is 0 Å². The van der Waals surface area contributed by atoms with Crippen molar-refractivity contribution < 1.29 is 4.79 Å². The molecule has 17 heavy (non-hydrogen) atoms. The van der Waals surface area contributed by atoms with Gasteiger partial charge in [-0.2, -0.15) is 0 Å². The van der Waals surface area contributed by atoms with Crippen molar-refractivity contribution in [1.29, 1.82) is 0 Å². The second kappa shape index (κ2) is 6.97. The van der Waals surface area contributed by atoms with E-state index in [2.05, 4.69) is 29.4 Å². The fourth-order valence-electron chi connectivity index (χ4n) is 2.43. The third-order valence-corrected chi connectivity index (χ3v) is 3.75. The van der Waals surface area contributed by atoms with Gasteiger partial charge in [0, 0.05) is 25.2 Å². The number of rotatable bonds is 5. The van der Waals surface area contributed by atoms with E-state index in [1.54, 1.807) is 0 Å². The van der Waals surface area contributed by atoms with Crippen LogP contribution in [0.15, 0.2) is 0 Å². The number of nitrogens with zero attached hydrogens (tertiary/aromatic N) is 1. The molecule has 0 saturated carbocycles. The summed E-state index contributed by atoms with van der Waals surface area (Å²) in [5.41, 5.74) is 0. The first-order valence-corrected chi connectivity index (χ1v) is 6.75. The topological polar surface area (TPSA) is 44.4 Å². The maximum absolute atomic E-state index is 11.8. The number of hydrogen-bond acceptors (Lipinski definition) is 3. The summed E-state index contributed by atoms with van der Waals surface area (Å²) in [6.45, 7) is 8.97. The van der Waals surface area contributed by atoms with E-state index in [0.717, 1.165) is 25.9 Å². The summed E-state index contributed by atoms with van der Waals surface area (Å²) < 4.78 is 0. The Morgan fingerprint density at radius 3 is 2.76 bits per heavy atom. The largest absolute Gasteiger partial charge is 0.353 e. The molecule has 0 aromatic carbocycles. The van der Waals surface area contributed by atoms with E-state index in [-0.39, 0.29) is 11.9 Å². The van der Waals surface area contributed by atoms with E-state index in [1.165, 1.54) is 0 Å². The van der Waals surface area contributed by atoms with Crippen LogP contribution in [0.2, 0.25) is 0 Å². The van der Waals surface area contributed by atoms with Crippen LogP contribution in [0.1, 0.15) is 33.6 Å². The van der Waals surface area contributed by atoms with Gasteiger partial charge in [-0.1, -0.05) is 13.8 Å². The summed E-state index contributed by atoms with van der Waals surface area (Å²) in [7, 11) is 2.02. The van der Waals surface area contributed by atoms with Crippen molar-refractivity contribution in [3.8, 4) is 0 Å². The van der Waals surface area contributed by atoms with Crippen LogP contribution < -0.4 is 10.6 Å². The molecule has 3 atom stereocenters. The highest BCUT2D eigenvalue weighted by Gasteiger charge is 2.25. The SMILES string of the molecule is CCC(C)NC(=O)CN1CCC(NC)C(C)C1. The quantitative estimate of drug-likeness (QED) is 0.749. The highest BCUT2D eigenvalue weighted by molar-refractivity contribution is 5.78. The minimum atomic E-state index is 0.162. The third-order valence-electron chi connectivity index (χ3n) is 3.75. The summed E-state index contributed by atoms with van der Waals surface area (Å²) in [4.78, 5) is 14.0. The van der Waals surface area contributed by atoms with Crippen molar-refractivity contribution in [1.82, 2.24) is 15.5 Å². The van der Waals surface area contributed by atoms with E-state index in [9.17, 15) is 4.79 Å². The molecule has 1 saturated heterocycles. The molecule has 0 aliphatic carbocycles. The molecule has 0 aromatic heterocycles. The van der Waals surface area contributed by atoms with Gasteiger partial charge in [0.05, 0.1) is 6.54 Å². The molecular weight excluding hydrogens is 214 g/mol. The van der Waals surface area contributed by atoms with Crippen molar-refractivity contribution in [3.05, 3.63) is 0 Å². The van der Waals surface area contributed by atoms with Gasteiger partial charge in [0.15, 0.2) is 0 Å². The van der Waals surface area contributed by atoms with E-state index in [1.807, 2.05) is 14.0 Å². The van der Waals surface area contributed by atoms with Crippen LogP contribution in [-0.2, 0) is 4.79 Å². The molecule has 0 radical (unpaired) electrons. The Labute approximate surface area is 105 Å². The molecule has 1 amide bonds. The average Bonchev–Trinajstić information content (AvgIpc) is 2.29. The van der Waals surface area contributed by atoms with Gasteiger partial charge < -0.3 is 10.6 Å². The van der Waals surface area contributed by atoms with Gasteiger partial charge in [-0.25, -0.2) is 0 Å². The number of likely N-dealkylation sites (tertiary alicyclic amines) is 1. The first kappa shape index (κ1) is 14.5. The molecular formula is C13H27N3O. The number of piperidine rings is 1. The van der Waals surface area contributed by atoms with E-state index in [0.29, 0.717) is 18.5 Å². The molecule has 1 aliphatic rings. The predicted octanol–water partition coefficient (Wildman–Crippen LogP) is 0.831. The number of nitrogens with one attached hydrogen (secondary N) is 2. The van der Waals surface area contributed by atoms with E-state index < -0.39 is 0 Å². The van der Waals surface area contributed by atoms with Crippen molar-refractivity contribution >= 4 is 5.91 Å². The summed E-state index contributed by atoms with van der Waals surface area (Å²) in [5, 5.41) is 6.36. The highest BCUT2D eigenvalue weighted by Crippen LogP contribution is 2.15. The Hall–Kier alpha value is -0.610. The zero-order valence-corrected chi connectivity index (χ0v) is 11.6. The standard InChI is InChI=1S/C13H27N3O/c1-5-11(3)15-13(17)9-16-7-6-12(14-4)10(2)8-16/h10-12,14H,5-9H2,1-4H3,(H,15,17). The molecule has 0 bridgehead atoms. The number of carbonyl (C=O) groups is 1. The number of amides is 1. The van der Waals surface area contributed by atoms with Gasteiger partial charge in [0.2, 0.25) is 5.91 Å². The molecule has 4 heteroatoms. The Morgan fingerprint density at radius 2 is 2.24 bits per heavy atom. The molecule has 1 aliphatic heterocycles. The molecule has 0 spiro atoms. The molecule has 2 N–H and O–H groups in total. The highest BCUT2D eigenvalue weighted by atomic mass is 16.2. The smallest absolute Gasteiger partial charge is 0.234 e. The molecule has 1 heterocycles. The number of hydrogen-bond donors (Lipinski definition) is 2. The van der Waals surface area contributed by atoms with Crippen molar-refractivity contribution in [2.24, 2.45) is 5.92 Å². The lowest BCUT2D eigenvalue weighted by molar-refractivity contribution is -0.123. The van der Waals surface area contributed by atoms with Gasteiger partial charge in [-0.15, -0.1) is 0 Å². The monoisotopic (exact) mass is 241 g/mol. The molecule has 1 rings (SSSR count). The Kier molecular flexibility index (Phi) is 5.92. The van der Waals surface area contributed by atoms with Crippen molar-refractivity contribution in [2.45, 2.75) is 45.7 Å². The second-order valence-corrected chi connectivity index (χ2v) is 5.27. The van der Waals surface area contributed by atoms with E-state index >= 15 is 0 Å². The minimum Gasteiger partial charge on any atom is -0.353 e. The lowest BCUT2D eigenvalue weighted by atomic mass is 9.94. The lowest BCUT2D eigenvalue weighted by Crippen LogP contribution is -2.50.